The lowest BCUT2D eigenvalue weighted by atomic mass is 10.1. The molecule has 1 saturated heterocycles. The van der Waals surface area contributed by atoms with Gasteiger partial charge in [0, 0.05) is 32.5 Å². The van der Waals surface area contributed by atoms with Crippen LogP contribution in [0.4, 0.5) is 14.7 Å². The van der Waals surface area contributed by atoms with E-state index in [1.165, 1.54) is 15.5 Å². The van der Waals surface area contributed by atoms with Gasteiger partial charge in [-0.2, -0.15) is 0 Å². The van der Waals surface area contributed by atoms with Crippen LogP contribution >= 0.6 is 0 Å². The zero-order chi connectivity index (χ0) is 23.9. The minimum atomic E-state index is -0.753. The molecular weight excluding hydrogens is 434 g/mol. The van der Waals surface area contributed by atoms with Gasteiger partial charge >= 0.3 is 0 Å². The fourth-order valence-corrected chi connectivity index (χ4v) is 3.87. The van der Waals surface area contributed by atoms with Gasteiger partial charge in [0.05, 0.1) is 30.6 Å². The number of hydrogen-bond donors (Lipinski definition) is 2. The lowest BCUT2D eigenvalue weighted by molar-refractivity contribution is -0.0136. The molecular formula is C22H26F2N6O3. The highest BCUT2D eigenvalue weighted by Gasteiger charge is 2.27. The van der Waals surface area contributed by atoms with Gasteiger partial charge in [-0.25, -0.2) is 23.7 Å². The molecule has 1 amide bonds. The molecule has 1 aliphatic rings. The van der Waals surface area contributed by atoms with E-state index < -0.39 is 17.7 Å². The Bertz CT molecular complexity index is 1200. The molecule has 1 aliphatic heterocycles. The maximum absolute atomic E-state index is 15.1. The maximum Gasteiger partial charge on any atom is 0.273 e. The number of imidazole rings is 1. The molecule has 176 valence electrons. The summed E-state index contributed by atoms with van der Waals surface area (Å²) in [6.07, 6.45) is 2.30. The third-order valence-electron chi connectivity index (χ3n) is 5.53. The molecule has 33 heavy (non-hydrogen) atoms. The Hall–Kier alpha value is -3.18. The van der Waals surface area contributed by atoms with E-state index >= 15 is 4.39 Å². The minimum Gasteiger partial charge on any atom is -0.389 e. The Morgan fingerprint density at radius 2 is 2.06 bits per heavy atom. The second kappa shape index (κ2) is 8.99. The van der Waals surface area contributed by atoms with Crippen LogP contribution in [-0.2, 0) is 4.74 Å². The largest absolute Gasteiger partial charge is 0.389 e. The maximum atomic E-state index is 15.1. The van der Waals surface area contributed by atoms with Gasteiger partial charge in [0.15, 0.2) is 23.0 Å². The van der Waals surface area contributed by atoms with Crippen LogP contribution in [0, 0.1) is 11.6 Å². The Morgan fingerprint density at radius 1 is 1.30 bits per heavy atom. The number of nitrogens with zero attached hydrogens (tertiary/aromatic N) is 5. The first-order valence-corrected chi connectivity index (χ1v) is 10.7. The number of carbonyl (C=O) groups is 1. The van der Waals surface area contributed by atoms with Gasteiger partial charge in [0.1, 0.15) is 5.69 Å². The van der Waals surface area contributed by atoms with Crippen LogP contribution in [0.2, 0.25) is 0 Å². The lowest BCUT2D eigenvalue weighted by Crippen LogP contribution is -2.42. The number of anilines is 1. The molecule has 2 N–H and O–H groups in total. The van der Waals surface area contributed by atoms with E-state index in [4.69, 9.17) is 4.74 Å². The second-order valence-corrected chi connectivity index (χ2v) is 8.54. The van der Waals surface area contributed by atoms with Crippen LogP contribution < -0.4 is 5.32 Å². The Morgan fingerprint density at radius 3 is 2.73 bits per heavy atom. The van der Waals surface area contributed by atoms with Gasteiger partial charge < -0.3 is 20.1 Å². The average molecular weight is 460 g/mol. The van der Waals surface area contributed by atoms with Crippen LogP contribution in [-0.4, -0.2) is 74.7 Å². The first-order chi connectivity index (χ1) is 15.7. The van der Waals surface area contributed by atoms with Gasteiger partial charge in [-0.15, -0.1) is 0 Å². The van der Waals surface area contributed by atoms with Crippen molar-refractivity contribution in [3.63, 3.8) is 0 Å². The van der Waals surface area contributed by atoms with E-state index in [2.05, 4.69) is 20.3 Å². The van der Waals surface area contributed by atoms with Crippen LogP contribution in [0.3, 0.4) is 0 Å². The summed E-state index contributed by atoms with van der Waals surface area (Å²) in [5.74, 6) is -1.84. The van der Waals surface area contributed by atoms with Crippen molar-refractivity contribution < 1.29 is 23.4 Å². The van der Waals surface area contributed by atoms with Crippen LogP contribution in [0.5, 0.6) is 0 Å². The van der Waals surface area contributed by atoms with Crippen molar-refractivity contribution in [1.82, 2.24) is 24.3 Å². The monoisotopic (exact) mass is 460 g/mol. The molecule has 0 unspecified atom stereocenters. The Kier molecular flexibility index (Phi) is 6.26. The van der Waals surface area contributed by atoms with Crippen LogP contribution in [0.25, 0.3) is 16.9 Å². The third-order valence-corrected chi connectivity index (χ3v) is 5.53. The van der Waals surface area contributed by atoms with E-state index in [0.717, 1.165) is 12.3 Å². The molecule has 0 aromatic carbocycles. The second-order valence-electron chi connectivity index (χ2n) is 8.54. The molecule has 1 fully saturated rings. The van der Waals surface area contributed by atoms with E-state index in [9.17, 15) is 14.3 Å². The molecule has 4 heterocycles. The number of fused-ring (bicyclic) bond motifs is 1. The number of aliphatic hydroxyl groups is 1. The number of carbonyl (C=O) groups excluding carboxylic acids is 1. The fourth-order valence-electron chi connectivity index (χ4n) is 3.87. The first kappa shape index (κ1) is 23.0. The molecule has 0 bridgehead atoms. The molecule has 0 radical (unpaired) electrons. The van der Waals surface area contributed by atoms with Crippen molar-refractivity contribution in [2.75, 3.05) is 32.6 Å². The molecule has 3 aromatic rings. The number of ether oxygens (including phenoxy) is 1. The standard InChI is InChI=1S/C22H26F2N6O3/c1-11(2)19-18(21(32)29(3)4)27-20-13(23)7-12(9-30(19)20)17-14(24)8-25-22(28-17)26-15-5-6-33-10-16(15)31/h7-9,11,15-16,31H,5-6,10H2,1-4H3,(H,25,26,28)/t15-,16-/m1/s1. The fraction of sp³-hybridized carbons (Fsp3) is 0.455. The highest BCUT2D eigenvalue weighted by Crippen LogP contribution is 2.29. The van der Waals surface area contributed by atoms with Crippen molar-refractivity contribution in [2.45, 2.75) is 38.3 Å². The predicted octanol–water partition coefficient (Wildman–Crippen LogP) is 2.46. The van der Waals surface area contributed by atoms with E-state index in [1.54, 1.807) is 14.1 Å². The SMILES string of the molecule is CC(C)c1c(C(=O)N(C)C)nc2c(F)cc(-c3nc(N[C@@H]4CCOC[C@H]4O)ncc3F)cn12. The predicted molar refractivity (Wildman–Crippen MR) is 117 cm³/mol. The summed E-state index contributed by atoms with van der Waals surface area (Å²) in [4.78, 5) is 26.4. The molecule has 0 saturated carbocycles. The van der Waals surface area contributed by atoms with Gasteiger partial charge in [-0.1, -0.05) is 13.8 Å². The van der Waals surface area contributed by atoms with Gasteiger partial charge in [-0.05, 0) is 18.4 Å². The van der Waals surface area contributed by atoms with E-state index in [-0.39, 0.29) is 53.0 Å². The van der Waals surface area contributed by atoms with Crippen molar-refractivity contribution in [3.8, 4) is 11.3 Å². The number of nitrogens with one attached hydrogen (secondary N) is 1. The van der Waals surface area contributed by atoms with Gasteiger partial charge in [-0.3, -0.25) is 9.20 Å². The third kappa shape index (κ3) is 4.38. The summed E-state index contributed by atoms with van der Waals surface area (Å²) in [6, 6.07) is 0.784. The zero-order valence-corrected chi connectivity index (χ0v) is 18.8. The Labute approximate surface area is 189 Å². The highest BCUT2D eigenvalue weighted by molar-refractivity contribution is 5.94. The number of hydrogen-bond acceptors (Lipinski definition) is 7. The van der Waals surface area contributed by atoms with Crippen LogP contribution in [0.1, 0.15) is 42.4 Å². The van der Waals surface area contributed by atoms with E-state index in [1.807, 2.05) is 13.8 Å². The zero-order valence-electron chi connectivity index (χ0n) is 18.8. The van der Waals surface area contributed by atoms with Crippen molar-refractivity contribution in [2.24, 2.45) is 0 Å². The molecule has 4 rings (SSSR count). The molecule has 11 heteroatoms. The lowest BCUT2D eigenvalue weighted by Gasteiger charge is -2.28. The van der Waals surface area contributed by atoms with E-state index in [0.29, 0.717) is 18.7 Å². The summed E-state index contributed by atoms with van der Waals surface area (Å²) in [7, 11) is 3.19. The summed E-state index contributed by atoms with van der Waals surface area (Å²) < 4.78 is 36.5. The topological polar surface area (TPSA) is 105 Å². The smallest absolute Gasteiger partial charge is 0.273 e. The summed E-state index contributed by atoms with van der Waals surface area (Å²) in [5.41, 5.74) is 0.691. The number of rotatable bonds is 5. The quantitative estimate of drug-likeness (QED) is 0.603. The van der Waals surface area contributed by atoms with Crippen LogP contribution in [0.15, 0.2) is 18.5 Å². The molecule has 3 aromatic heterocycles. The molecule has 0 aliphatic carbocycles. The number of halogens is 2. The number of pyridine rings is 1. The molecule has 0 spiro atoms. The summed E-state index contributed by atoms with van der Waals surface area (Å²) in [5, 5.41) is 13.1. The highest BCUT2D eigenvalue weighted by atomic mass is 19.1. The van der Waals surface area contributed by atoms with Crippen molar-refractivity contribution >= 4 is 17.5 Å². The molecule has 9 nitrogen and oxygen atoms in total. The minimum absolute atomic E-state index is 0.0224. The first-order valence-electron chi connectivity index (χ1n) is 10.7. The summed E-state index contributed by atoms with van der Waals surface area (Å²) in [6.45, 7) is 4.39. The normalized spacial score (nSPS) is 18.7. The van der Waals surface area contributed by atoms with Gasteiger partial charge in [0.25, 0.3) is 5.91 Å². The average Bonchev–Trinajstić information content (AvgIpc) is 3.16. The molecule has 2 atom stereocenters. The van der Waals surface area contributed by atoms with Gasteiger partial charge in [0.2, 0.25) is 5.95 Å². The number of aliphatic hydroxyl groups excluding tert-OH is 1. The number of aromatic nitrogens is 4. The van der Waals surface area contributed by atoms with Crippen molar-refractivity contribution in [3.05, 3.63) is 41.5 Å². The number of amides is 1. The Balaban J connectivity index is 1.80. The van der Waals surface area contributed by atoms with Crippen molar-refractivity contribution in [1.29, 1.82) is 0 Å². The summed E-state index contributed by atoms with van der Waals surface area (Å²) >= 11 is 0.